The Morgan fingerprint density at radius 1 is 1.27 bits per heavy atom. The molecule has 1 aliphatic heterocycles. The van der Waals surface area contributed by atoms with E-state index >= 15 is 0 Å². The minimum atomic E-state index is -0.0347. The number of nitrogens with zero attached hydrogens (tertiary/aromatic N) is 4. The molecule has 0 aliphatic carbocycles. The van der Waals surface area contributed by atoms with Gasteiger partial charge in [0.25, 0.3) is 0 Å². The Kier molecular flexibility index (Phi) is 6.14. The van der Waals surface area contributed by atoms with Crippen LogP contribution in [0.15, 0.2) is 24.3 Å². The molecule has 2 heterocycles. The zero-order valence-corrected chi connectivity index (χ0v) is 16.2. The zero-order chi connectivity index (χ0) is 18.5. The Morgan fingerprint density at radius 2 is 2.00 bits per heavy atom. The number of rotatable bonds is 6. The van der Waals surface area contributed by atoms with E-state index in [1.54, 1.807) is 4.90 Å². The maximum absolute atomic E-state index is 12.5. The van der Waals surface area contributed by atoms with Gasteiger partial charge in [-0.3, -0.25) is 4.90 Å². The van der Waals surface area contributed by atoms with Crippen LogP contribution in [0.2, 0.25) is 0 Å². The third-order valence-corrected chi connectivity index (χ3v) is 5.47. The molecular formula is C20H31N5O. The van der Waals surface area contributed by atoms with Crippen LogP contribution in [0.3, 0.4) is 0 Å². The summed E-state index contributed by atoms with van der Waals surface area (Å²) < 4.78 is 2.06. The number of para-hydroxylation sites is 2. The molecule has 1 aromatic carbocycles. The summed E-state index contributed by atoms with van der Waals surface area (Å²) in [4.78, 5) is 21.4. The highest BCUT2D eigenvalue weighted by atomic mass is 16.2. The van der Waals surface area contributed by atoms with Crippen molar-refractivity contribution in [1.82, 2.24) is 24.7 Å². The maximum atomic E-state index is 12.5. The fourth-order valence-corrected chi connectivity index (χ4v) is 3.78. The van der Waals surface area contributed by atoms with Gasteiger partial charge in [0, 0.05) is 26.7 Å². The van der Waals surface area contributed by atoms with Crippen LogP contribution in [0.5, 0.6) is 0 Å². The molecule has 3 rings (SSSR count). The second-order valence-corrected chi connectivity index (χ2v) is 7.28. The first-order valence-electron chi connectivity index (χ1n) is 9.73. The Bertz CT molecular complexity index is 735. The first-order chi connectivity index (χ1) is 12.6. The third-order valence-electron chi connectivity index (χ3n) is 5.47. The number of aryl methyl sites for hydroxylation is 1. The number of aromatic nitrogens is 2. The van der Waals surface area contributed by atoms with Crippen LogP contribution in [-0.2, 0) is 13.6 Å². The van der Waals surface area contributed by atoms with Crippen LogP contribution in [0.4, 0.5) is 4.79 Å². The number of piperidine rings is 1. The van der Waals surface area contributed by atoms with E-state index in [2.05, 4.69) is 32.8 Å². The topological polar surface area (TPSA) is 53.4 Å². The van der Waals surface area contributed by atoms with E-state index in [9.17, 15) is 4.79 Å². The number of urea groups is 1. The molecule has 1 aliphatic rings. The highest BCUT2D eigenvalue weighted by molar-refractivity contribution is 5.76. The van der Waals surface area contributed by atoms with E-state index in [0.29, 0.717) is 19.1 Å². The molecule has 1 N–H and O–H groups in total. The summed E-state index contributed by atoms with van der Waals surface area (Å²) >= 11 is 0. The van der Waals surface area contributed by atoms with E-state index in [4.69, 9.17) is 0 Å². The van der Waals surface area contributed by atoms with Crippen molar-refractivity contribution in [2.45, 2.75) is 45.2 Å². The van der Waals surface area contributed by atoms with Gasteiger partial charge in [-0.15, -0.1) is 0 Å². The molecular weight excluding hydrogens is 326 g/mol. The average Bonchev–Trinajstić information content (AvgIpc) is 2.99. The summed E-state index contributed by atoms with van der Waals surface area (Å²) in [5, 5.41) is 3.11. The SMILES string of the molecule is CCC(CNC(=O)N(C)Cc1nc2ccccc2n1C)N1CCCCC1. The van der Waals surface area contributed by atoms with Gasteiger partial charge < -0.3 is 14.8 Å². The van der Waals surface area contributed by atoms with Crippen LogP contribution >= 0.6 is 0 Å². The lowest BCUT2D eigenvalue weighted by atomic mass is 10.1. The van der Waals surface area contributed by atoms with Gasteiger partial charge >= 0.3 is 6.03 Å². The monoisotopic (exact) mass is 357 g/mol. The Balaban J connectivity index is 1.56. The summed E-state index contributed by atoms with van der Waals surface area (Å²) in [5.41, 5.74) is 2.06. The fourth-order valence-electron chi connectivity index (χ4n) is 3.78. The lowest BCUT2D eigenvalue weighted by molar-refractivity contribution is 0.152. The summed E-state index contributed by atoms with van der Waals surface area (Å²) in [6.07, 6.45) is 4.95. The molecule has 0 bridgehead atoms. The number of imidazole rings is 1. The summed E-state index contributed by atoms with van der Waals surface area (Å²) in [6.45, 7) is 5.72. The minimum Gasteiger partial charge on any atom is -0.336 e. The summed E-state index contributed by atoms with van der Waals surface area (Å²) in [6, 6.07) is 8.45. The van der Waals surface area contributed by atoms with E-state index in [1.807, 2.05) is 32.3 Å². The highest BCUT2D eigenvalue weighted by Crippen LogP contribution is 2.16. The number of carbonyl (C=O) groups is 1. The first kappa shape index (κ1) is 18.7. The van der Waals surface area contributed by atoms with Crippen molar-refractivity contribution in [3.8, 4) is 0 Å². The molecule has 0 spiro atoms. The van der Waals surface area contributed by atoms with Crippen molar-refractivity contribution in [3.05, 3.63) is 30.1 Å². The van der Waals surface area contributed by atoms with Gasteiger partial charge in [-0.25, -0.2) is 9.78 Å². The standard InChI is InChI=1S/C20H31N5O/c1-4-16(25-12-8-5-9-13-25)14-21-20(26)23(2)15-19-22-17-10-6-7-11-18(17)24(19)3/h6-7,10-11,16H,4-5,8-9,12-15H2,1-3H3,(H,21,26). The molecule has 6 heteroatoms. The van der Waals surface area contributed by atoms with Crippen molar-refractivity contribution in [1.29, 1.82) is 0 Å². The first-order valence-corrected chi connectivity index (χ1v) is 9.73. The van der Waals surface area contributed by atoms with Crippen LogP contribution in [-0.4, -0.2) is 58.1 Å². The molecule has 6 nitrogen and oxygen atoms in total. The van der Waals surface area contributed by atoms with Crippen LogP contribution in [0.25, 0.3) is 11.0 Å². The molecule has 2 aromatic rings. The minimum absolute atomic E-state index is 0.0347. The lowest BCUT2D eigenvalue weighted by Gasteiger charge is -2.34. The normalized spacial score (nSPS) is 16.6. The second-order valence-electron chi connectivity index (χ2n) is 7.28. The summed E-state index contributed by atoms with van der Waals surface area (Å²) in [7, 11) is 3.83. The van der Waals surface area contributed by atoms with Gasteiger partial charge in [-0.05, 0) is 44.5 Å². The number of hydrogen-bond donors (Lipinski definition) is 1. The van der Waals surface area contributed by atoms with Crippen molar-refractivity contribution >= 4 is 17.1 Å². The van der Waals surface area contributed by atoms with Gasteiger partial charge in [-0.1, -0.05) is 25.5 Å². The molecule has 142 valence electrons. The Hall–Kier alpha value is -2.08. The van der Waals surface area contributed by atoms with Crippen LogP contribution in [0.1, 0.15) is 38.4 Å². The lowest BCUT2D eigenvalue weighted by Crippen LogP contribution is -2.48. The van der Waals surface area contributed by atoms with E-state index in [-0.39, 0.29) is 6.03 Å². The number of nitrogens with one attached hydrogen (secondary N) is 1. The predicted octanol–water partition coefficient (Wildman–Crippen LogP) is 2.98. The molecule has 26 heavy (non-hydrogen) atoms. The van der Waals surface area contributed by atoms with Crippen LogP contribution < -0.4 is 5.32 Å². The number of fused-ring (bicyclic) bond motifs is 1. The highest BCUT2D eigenvalue weighted by Gasteiger charge is 2.21. The van der Waals surface area contributed by atoms with Crippen molar-refractivity contribution in [2.24, 2.45) is 7.05 Å². The number of hydrogen-bond acceptors (Lipinski definition) is 3. The molecule has 1 unspecified atom stereocenters. The summed E-state index contributed by atoms with van der Waals surface area (Å²) in [5.74, 6) is 0.895. The number of carbonyl (C=O) groups excluding carboxylic acids is 1. The van der Waals surface area contributed by atoms with Crippen molar-refractivity contribution in [3.63, 3.8) is 0 Å². The molecule has 0 radical (unpaired) electrons. The van der Waals surface area contributed by atoms with Gasteiger partial charge in [-0.2, -0.15) is 0 Å². The predicted molar refractivity (Wildman–Crippen MR) is 105 cm³/mol. The second kappa shape index (κ2) is 8.54. The molecule has 1 saturated heterocycles. The zero-order valence-electron chi connectivity index (χ0n) is 16.2. The largest absolute Gasteiger partial charge is 0.336 e. The molecule has 0 saturated carbocycles. The smallest absolute Gasteiger partial charge is 0.317 e. The number of amides is 2. The molecule has 1 aromatic heterocycles. The Labute approximate surface area is 156 Å². The average molecular weight is 358 g/mol. The Morgan fingerprint density at radius 3 is 2.69 bits per heavy atom. The quantitative estimate of drug-likeness (QED) is 0.865. The number of benzene rings is 1. The van der Waals surface area contributed by atoms with Crippen LogP contribution in [0, 0.1) is 0 Å². The number of likely N-dealkylation sites (tertiary alicyclic amines) is 1. The van der Waals surface area contributed by atoms with Crippen molar-refractivity contribution < 1.29 is 4.79 Å². The fraction of sp³-hybridized carbons (Fsp3) is 0.600. The molecule has 1 fully saturated rings. The third kappa shape index (κ3) is 4.18. The molecule has 2 amide bonds. The maximum Gasteiger partial charge on any atom is 0.317 e. The van der Waals surface area contributed by atoms with Gasteiger partial charge in [0.1, 0.15) is 5.82 Å². The van der Waals surface area contributed by atoms with Gasteiger partial charge in [0.05, 0.1) is 17.6 Å². The van der Waals surface area contributed by atoms with Crippen molar-refractivity contribution in [2.75, 3.05) is 26.7 Å². The van der Waals surface area contributed by atoms with Gasteiger partial charge in [0.2, 0.25) is 0 Å². The van der Waals surface area contributed by atoms with E-state index < -0.39 is 0 Å². The van der Waals surface area contributed by atoms with E-state index in [0.717, 1.165) is 36.4 Å². The van der Waals surface area contributed by atoms with Gasteiger partial charge in [0.15, 0.2) is 0 Å². The molecule has 1 atom stereocenters. The van der Waals surface area contributed by atoms with E-state index in [1.165, 1.54) is 19.3 Å².